The lowest BCUT2D eigenvalue weighted by Crippen LogP contribution is -2.52. The van der Waals surface area contributed by atoms with Crippen LogP contribution < -0.4 is 20.7 Å². The van der Waals surface area contributed by atoms with Crippen molar-refractivity contribution in [2.45, 2.75) is 32.4 Å². The minimum atomic E-state index is -3.08. The van der Waals surface area contributed by atoms with Gasteiger partial charge in [0.05, 0.1) is 18.6 Å². The molecule has 0 spiro atoms. The fraction of sp³-hybridized carbons (Fsp3) is 0.529. The minimum absolute atomic E-state index is 0.0647. The predicted octanol–water partition coefficient (Wildman–Crippen LogP) is 1.14. The van der Waals surface area contributed by atoms with Crippen LogP contribution in [0.5, 0.6) is 5.75 Å². The summed E-state index contributed by atoms with van der Waals surface area (Å²) >= 11 is 0. The lowest BCUT2D eigenvalue weighted by molar-refractivity contribution is -0.118. The van der Waals surface area contributed by atoms with Crippen molar-refractivity contribution in [1.29, 1.82) is 0 Å². The Morgan fingerprint density at radius 1 is 1.19 bits per heavy atom. The molecule has 3 N–H and O–H groups in total. The molecular formula is C17H25N3O5S. The second kappa shape index (κ2) is 8.39. The van der Waals surface area contributed by atoms with E-state index < -0.39 is 28.0 Å². The topological polar surface area (TPSA) is 114 Å². The third-order valence-electron chi connectivity index (χ3n) is 4.16. The number of urea groups is 1. The Balaban J connectivity index is 1.94. The van der Waals surface area contributed by atoms with Crippen molar-refractivity contribution in [2.24, 2.45) is 5.92 Å². The van der Waals surface area contributed by atoms with Gasteiger partial charge in [0.15, 0.2) is 9.84 Å². The van der Waals surface area contributed by atoms with E-state index in [0.717, 1.165) is 0 Å². The molecular weight excluding hydrogens is 358 g/mol. The average Bonchev–Trinajstić information content (AvgIpc) is 2.91. The summed E-state index contributed by atoms with van der Waals surface area (Å²) in [6.07, 6.45) is 0.389. The number of sulfone groups is 1. The molecule has 9 heteroatoms. The van der Waals surface area contributed by atoms with Gasteiger partial charge in [-0.3, -0.25) is 4.79 Å². The number of nitrogens with one attached hydrogen (secondary N) is 3. The van der Waals surface area contributed by atoms with Gasteiger partial charge in [-0.1, -0.05) is 13.8 Å². The zero-order valence-corrected chi connectivity index (χ0v) is 15.9. The van der Waals surface area contributed by atoms with Crippen LogP contribution >= 0.6 is 0 Å². The summed E-state index contributed by atoms with van der Waals surface area (Å²) < 4.78 is 28.0. The SMILES string of the molecule is COc1ccc(NC(=O)C(NC(=O)NC2CCS(=O)(=O)C2)C(C)C)cc1. The maximum Gasteiger partial charge on any atom is 0.315 e. The summed E-state index contributed by atoms with van der Waals surface area (Å²) in [6, 6.07) is 5.14. The Morgan fingerprint density at radius 2 is 1.85 bits per heavy atom. The van der Waals surface area contributed by atoms with Crippen molar-refractivity contribution in [2.75, 3.05) is 23.9 Å². The fourth-order valence-corrected chi connectivity index (χ4v) is 4.38. The summed E-state index contributed by atoms with van der Waals surface area (Å²) in [5.41, 5.74) is 0.588. The Morgan fingerprint density at radius 3 is 2.35 bits per heavy atom. The standard InChI is InChI=1S/C17H25N3O5S/c1-11(2)15(16(21)18-12-4-6-14(25-3)7-5-12)20-17(22)19-13-8-9-26(23,24)10-13/h4-7,11,13,15H,8-10H2,1-3H3,(H,18,21)(H2,19,20,22). The second-order valence-electron chi connectivity index (χ2n) is 6.66. The molecule has 0 bridgehead atoms. The van der Waals surface area contributed by atoms with Gasteiger partial charge in [-0.15, -0.1) is 0 Å². The van der Waals surface area contributed by atoms with Crippen molar-refractivity contribution in [1.82, 2.24) is 10.6 Å². The number of methoxy groups -OCH3 is 1. The molecule has 0 aliphatic carbocycles. The van der Waals surface area contributed by atoms with E-state index in [9.17, 15) is 18.0 Å². The highest BCUT2D eigenvalue weighted by atomic mass is 32.2. The van der Waals surface area contributed by atoms with Crippen LogP contribution in [0.4, 0.5) is 10.5 Å². The molecule has 1 fully saturated rings. The first kappa shape index (κ1) is 20.0. The number of amides is 3. The largest absolute Gasteiger partial charge is 0.497 e. The van der Waals surface area contributed by atoms with Crippen molar-refractivity contribution in [3.05, 3.63) is 24.3 Å². The first-order valence-electron chi connectivity index (χ1n) is 8.42. The summed E-state index contributed by atoms with van der Waals surface area (Å²) in [4.78, 5) is 24.7. The van der Waals surface area contributed by atoms with Crippen LogP contribution in [0.15, 0.2) is 24.3 Å². The van der Waals surface area contributed by atoms with Crippen molar-refractivity contribution in [3.8, 4) is 5.75 Å². The normalized spacial score (nSPS) is 19.6. The van der Waals surface area contributed by atoms with Gasteiger partial charge in [-0.05, 0) is 36.6 Å². The van der Waals surface area contributed by atoms with Gasteiger partial charge in [0, 0.05) is 11.7 Å². The first-order valence-corrected chi connectivity index (χ1v) is 10.2. The van der Waals surface area contributed by atoms with Crippen LogP contribution in [-0.4, -0.2) is 51.1 Å². The van der Waals surface area contributed by atoms with E-state index in [-0.39, 0.29) is 23.3 Å². The van der Waals surface area contributed by atoms with Crippen LogP contribution in [0.3, 0.4) is 0 Å². The number of rotatable bonds is 6. The molecule has 2 rings (SSSR count). The molecule has 144 valence electrons. The van der Waals surface area contributed by atoms with Gasteiger partial charge >= 0.3 is 6.03 Å². The molecule has 26 heavy (non-hydrogen) atoms. The number of ether oxygens (including phenoxy) is 1. The molecule has 2 unspecified atom stereocenters. The predicted molar refractivity (Wildman–Crippen MR) is 99.0 cm³/mol. The number of anilines is 1. The third kappa shape index (κ3) is 5.62. The summed E-state index contributed by atoms with van der Waals surface area (Å²) in [7, 11) is -1.52. The van der Waals surface area contributed by atoms with Gasteiger partial charge in [0.2, 0.25) is 5.91 Å². The van der Waals surface area contributed by atoms with E-state index in [1.54, 1.807) is 31.4 Å². The lowest BCUT2D eigenvalue weighted by atomic mass is 10.0. The quantitative estimate of drug-likeness (QED) is 0.682. The molecule has 1 aliphatic heterocycles. The molecule has 1 aliphatic rings. The Hall–Kier alpha value is -2.29. The molecule has 1 aromatic rings. The van der Waals surface area contributed by atoms with Crippen LogP contribution in [0.1, 0.15) is 20.3 Å². The molecule has 8 nitrogen and oxygen atoms in total. The van der Waals surface area contributed by atoms with Crippen molar-refractivity contribution < 1.29 is 22.7 Å². The number of carbonyl (C=O) groups excluding carboxylic acids is 2. The highest BCUT2D eigenvalue weighted by molar-refractivity contribution is 7.91. The van der Waals surface area contributed by atoms with Crippen LogP contribution in [-0.2, 0) is 14.6 Å². The maximum absolute atomic E-state index is 12.5. The van der Waals surface area contributed by atoms with E-state index in [4.69, 9.17) is 4.74 Å². The van der Waals surface area contributed by atoms with Crippen LogP contribution in [0, 0.1) is 5.92 Å². The minimum Gasteiger partial charge on any atom is -0.497 e. The van der Waals surface area contributed by atoms with Crippen LogP contribution in [0.2, 0.25) is 0 Å². The monoisotopic (exact) mass is 383 g/mol. The van der Waals surface area contributed by atoms with Gasteiger partial charge in [-0.2, -0.15) is 0 Å². The molecule has 1 saturated heterocycles. The molecule has 0 radical (unpaired) electrons. The molecule has 1 aromatic carbocycles. The zero-order valence-electron chi connectivity index (χ0n) is 15.1. The van der Waals surface area contributed by atoms with Gasteiger partial charge in [0.1, 0.15) is 11.8 Å². The summed E-state index contributed by atoms with van der Waals surface area (Å²) in [6.45, 7) is 3.64. The molecule has 0 saturated carbocycles. The van der Waals surface area contributed by atoms with Crippen molar-refractivity contribution >= 4 is 27.5 Å². The number of carbonyl (C=O) groups is 2. The second-order valence-corrected chi connectivity index (χ2v) is 8.89. The van der Waals surface area contributed by atoms with E-state index in [1.807, 2.05) is 13.8 Å². The Bertz CT molecular complexity index is 746. The molecule has 3 amide bonds. The van der Waals surface area contributed by atoms with E-state index in [1.165, 1.54) is 0 Å². The highest BCUT2D eigenvalue weighted by Gasteiger charge is 2.30. The summed E-state index contributed by atoms with van der Waals surface area (Å²) in [5.74, 6) is 0.187. The average molecular weight is 383 g/mol. The Kier molecular flexibility index (Phi) is 6.47. The number of hydrogen-bond donors (Lipinski definition) is 3. The highest BCUT2D eigenvalue weighted by Crippen LogP contribution is 2.16. The van der Waals surface area contributed by atoms with E-state index >= 15 is 0 Å². The molecule has 1 heterocycles. The number of benzene rings is 1. The maximum atomic E-state index is 12.5. The van der Waals surface area contributed by atoms with Crippen LogP contribution in [0.25, 0.3) is 0 Å². The van der Waals surface area contributed by atoms with Crippen molar-refractivity contribution in [3.63, 3.8) is 0 Å². The zero-order chi connectivity index (χ0) is 19.3. The van der Waals surface area contributed by atoms with Gasteiger partial charge in [0.25, 0.3) is 0 Å². The lowest BCUT2D eigenvalue weighted by Gasteiger charge is -2.23. The van der Waals surface area contributed by atoms with Gasteiger partial charge in [-0.25, -0.2) is 13.2 Å². The Labute approximate surface area is 153 Å². The third-order valence-corrected chi connectivity index (χ3v) is 5.93. The fourth-order valence-electron chi connectivity index (χ4n) is 2.71. The summed E-state index contributed by atoms with van der Waals surface area (Å²) in [5, 5.41) is 8.01. The first-order chi connectivity index (χ1) is 12.2. The molecule has 0 aromatic heterocycles. The number of hydrogen-bond acceptors (Lipinski definition) is 5. The van der Waals surface area contributed by atoms with E-state index in [2.05, 4.69) is 16.0 Å². The molecule has 2 atom stereocenters. The smallest absolute Gasteiger partial charge is 0.315 e. The van der Waals surface area contributed by atoms with E-state index in [0.29, 0.717) is 17.9 Å². The van der Waals surface area contributed by atoms with Gasteiger partial charge < -0.3 is 20.7 Å².